The monoisotopic (exact) mass is 333 g/mol. The zero-order chi connectivity index (χ0) is 16.3. The molecule has 1 N–H and O–H groups in total. The summed E-state index contributed by atoms with van der Waals surface area (Å²) in [5, 5.41) is 4.21. The van der Waals surface area contributed by atoms with Crippen molar-refractivity contribution in [3.8, 4) is 0 Å². The van der Waals surface area contributed by atoms with Crippen molar-refractivity contribution in [2.45, 2.75) is 24.7 Å². The third-order valence-corrected chi connectivity index (χ3v) is 6.40. The summed E-state index contributed by atoms with van der Waals surface area (Å²) >= 11 is 0. The van der Waals surface area contributed by atoms with Gasteiger partial charge in [0.1, 0.15) is 4.90 Å². The Morgan fingerprint density at radius 2 is 1.96 bits per heavy atom. The summed E-state index contributed by atoms with van der Waals surface area (Å²) in [4.78, 5) is 4.60. The third kappa shape index (κ3) is 3.39. The van der Waals surface area contributed by atoms with Crippen LogP contribution in [-0.2, 0) is 10.0 Å². The topological polar surface area (TPSA) is 62.3 Å². The van der Waals surface area contributed by atoms with E-state index in [4.69, 9.17) is 0 Å². The molecule has 124 valence electrons. The smallest absolute Gasteiger partial charge is 0.245 e. The SMILES string of the molecule is CCNCC1CCN(S(=O)(=O)c2cccc3cccnc23)CC1. The molecule has 0 saturated carbocycles. The van der Waals surface area contributed by atoms with Gasteiger partial charge in [0.15, 0.2) is 0 Å². The van der Waals surface area contributed by atoms with Crippen LogP contribution in [0.4, 0.5) is 0 Å². The molecule has 0 radical (unpaired) electrons. The van der Waals surface area contributed by atoms with Gasteiger partial charge in [-0.25, -0.2) is 8.42 Å². The van der Waals surface area contributed by atoms with E-state index in [0.29, 0.717) is 29.4 Å². The molecule has 0 spiro atoms. The first-order valence-electron chi connectivity index (χ1n) is 8.17. The van der Waals surface area contributed by atoms with Crippen LogP contribution in [0.25, 0.3) is 10.9 Å². The van der Waals surface area contributed by atoms with Crippen LogP contribution in [0.1, 0.15) is 19.8 Å². The lowest BCUT2D eigenvalue weighted by atomic mass is 9.98. The van der Waals surface area contributed by atoms with E-state index in [2.05, 4.69) is 17.2 Å². The molecule has 0 amide bonds. The van der Waals surface area contributed by atoms with Crippen LogP contribution in [-0.4, -0.2) is 43.9 Å². The normalized spacial score (nSPS) is 17.6. The van der Waals surface area contributed by atoms with E-state index in [9.17, 15) is 8.42 Å². The fourth-order valence-electron chi connectivity index (χ4n) is 3.13. The maximum absolute atomic E-state index is 13.0. The zero-order valence-electron chi connectivity index (χ0n) is 13.4. The van der Waals surface area contributed by atoms with Crippen LogP contribution in [0.2, 0.25) is 0 Å². The third-order valence-electron chi connectivity index (χ3n) is 4.47. The van der Waals surface area contributed by atoms with E-state index in [1.54, 1.807) is 22.6 Å². The van der Waals surface area contributed by atoms with Crippen molar-refractivity contribution in [3.63, 3.8) is 0 Å². The van der Waals surface area contributed by atoms with Crippen molar-refractivity contribution < 1.29 is 8.42 Å². The van der Waals surface area contributed by atoms with Gasteiger partial charge < -0.3 is 5.32 Å². The molecule has 3 rings (SSSR count). The highest BCUT2D eigenvalue weighted by molar-refractivity contribution is 7.89. The summed E-state index contributed by atoms with van der Waals surface area (Å²) in [5.41, 5.74) is 0.560. The van der Waals surface area contributed by atoms with Gasteiger partial charge in [-0.3, -0.25) is 4.98 Å². The lowest BCUT2D eigenvalue weighted by molar-refractivity contribution is 0.268. The van der Waals surface area contributed by atoms with Gasteiger partial charge in [-0.15, -0.1) is 0 Å². The second-order valence-electron chi connectivity index (χ2n) is 5.99. The van der Waals surface area contributed by atoms with Crippen LogP contribution in [0.3, 0.4) is 0 Å². The molecule has 1 aromatic carbocycles. The van der Waals surface area contributed by atoms with E-state index < -0.39 is 10.0 Å². The maximum Gasteiger partial charge on any atom is 0.245 e. The van der Waals surface area contributed by atoms with Gasteiger partial charge in [0.05, 0.1) is 5.52 Å². The van der Waals surface area contributed by atoms with Crippen molar-refractivity contribution in [3.05, 3.63) is 36.5 Å². The lowest BCUT2D eigenvalue weighted by Crippen LogP contribution is -2.40. The number of hydrogen-bond donors (Lipinski definition) is 1. The van der Waals surface area contributed by atoms with Crippen molar-refractivity contribution in [2.24, 2.45) is 5.92 Å². The van der Waals surface area contributed by atoms with Gasteiger partial charge in [-0.2, -0.15) is 4.31 Å². The second kappa shape index (κ2) is 6.95. The summed E-state index contributed by atoms with van der Waals surface area (Å²) in [6.07, 6.45) is 3.46. The zero-order valence-corrected chi connectivity index (χ0v) is 14.2. The molecular formula is C17H23N3O2S. The first kappa shape index (κ1) is 16.4. The first-order valence-corrected chi connectivity index (χ1v) is 9.61. The standard InChI is InChI=1S/C17H23N3O2S/c1-2-18-13-14-8-11-20(12-9-14)23(21,22)16-7-3-5-15-6-4-10-19-17(15)16/h3-7,10,14,18H,2,8-9,11-13H2,1H3. The number of aromatic nitrogens is 1. The summed E-state index contributed by atoms with van der Waals surface area (Å²) in [7, 11) is -3.48. The van der Waals surface area contributed by atoms with Gasteiger partial charge in [0.25, 0.3) is 0 Å². The average Bonchev–Trinajstić information content (AvgIpc) is 2.59. The molecule has 2 aromatic rings. The summed E-state index contributed by atoms with van der Waals surface area (Å²) in [6.45, 7) is 5.19. The van der Waals surface area contributed by atoms with Crippen LogP contribution in [0.5, 0.6) is 0 Å². The number of rotatable bonds is 5. The highest BCUT2D eigenvalue weighted by Gasteiger charge is 2.30. The summed E-state index contributed by atoms with van der Waals surface area (Å²) < 4.78 is 27.6. The van der Waals surface area contributed by atoms with Crippen molar-refractivity contribution in [1.82, 2.24) is 14.6 Å². The molecule has 0 atom stereocenters. The molecule has 0 bridgehead atoms. The number of nitrogens with zero attached hydrogens (tertiary/aromatic N) is 2. The van der Waals surface area contributed by atoms with Gasteiger partial charge in [-0.1, -0.05) is 25.1 Å². The molecule has 1 fully saturated rings. The van der Waals surface area contributed by atoms with E-state index in [0.717, 1.165) is 31.3 Å². The number of hydrogen-bond acceptors (Lipinski definition) is 4. The van der Waals surface area contributed by atoms with Crippen LogP contribution in [0.15, 0.2) is 41.4 Å². The minimum Gasteiger partial charge on any atom is -0.317 e. The Morgan fingerprint density at radius 3 is 2.70 bits per heavy atom. The molecule has 1 aliphatic heterocycles. The molecular weight excluding hydrogens is 310 g/mol. The number of sulfonamides is 1. The highest BCUT2D eigenvalue weighted by Crippen LogP contribution is 2.27. The average molecular weight is 333 g/mol. The predicted octanol–water partition coefficient (Wildman–Crippen LogP) is 2.25. The van der Waals surface area contributed by atoms with Crippen molar-refractivity contribution in [2.75, 3.05) is 26.2 Å². The molecule has 6 heteroatoms. The van der Waals surface area contributed by atoms with Gasteiger partial charge >= 0.3 is 0 Å². The predicted molar refractivity (Wildman–Crippen MR) is 91.8 cm³/mol. The number of para-hydroxylation sites is 1. The molecule has 1 aliphatic rings. The van der Waals surface area contributed by atoms with Crippen molar-refractivity contribution in [1.29, 1.82) is 0 Å². The summed E-state index contributed by atoms with van der Waals surface area (Å²) in [5.74, 6) is 0.562. The largest absolute Gasteiger partial charge is 0.317 e. The Labute approximate surface area is 137 Å². The Kier molecular flexibility index (Phi) is 4.94. The number of nitrogens with one attached hydrogen (secondary N) is 1. The number of benzene rings is 1. The fourth-order valence-corrected chi connectivity index (χ4v) is 4.76. The highest BCUT2D eigenvalue weighted by atomic mass is 32.2. The van der Waals surface area contributed by atoms with Gasteiger partial charge in [0.2, 0.25) is 10.0 Å². The molecule has 1 aromatic heterocycles. The minimum absolute atomic E-state index is 0.320. The van der Waals surface area contributed by atoms with Gasteiger partial charge in [0, 0.05) is 24.7 Å². The summed E-state index contributed by atoms with van der Waals surface area (Å²) in [6, 6.07) is 9.06. The van der Waals surface area contributed by atoms with Crippen LogP contribution >= 0.6 is 0 Å². The molecule has 2 heterocycles. The maximum atomic E-state index is 13.0. The molecule has 5 nitrogen and oxygen atoms in total. The first-order chi connectivity index (χ1) is 11.1. The number of fused-ring (bicyclic) bond motifs is 1. The Morgan fingerprint density at radius 1 is 1.22 bits per heavy atom. The number of piperidine rings is 1. The van der Waals surface area contributed by atoms with E-state index in [1.807, 2.05) is 18.2 Å². The number of pyridine rings is 1. The molecule has 1 saturated heterocycles. The van der Waals surface area contributed by atoms with Crippen molar-refractivity contribution >= 4 is 20.9 Å². The molecule has 0 unspecified atom stereocenters. The minimum atomic E-state index is -3.48. The van der Waals surface area contributed by atoms with E-state index in [-0.39, 0.29) is 0 Å². The quantitative estimate of drug-likeness (QED) is 0.911. The van der Waals surface area contributed by atoms with E-state index in [1.165, 1.54) is 0 Å². The Balaban J connectivity index is 1.82. The molecule has 0 aliphatic carbocycles. The van der Waals surface area contributed by atoms with Gasteiger partial charge in [-0.05, 0) is 44.0 Å². The molecule has 23 heavy (non-hydrogen) atoms. The van der Waals surface area contributed by atoms with Crippen LogP contribution in [0, 0.1) is 5.92 Å². The Bertz CT molecular complexity index is 763. The Hall–Kier alpha value is -1.50. The second-order valence-corrected chi connectivity index (χ2v) is 7.89. The lowest BCUT2D eigenvalue weighted by Gasteiger charge is -2.31. The fraction of sp³-hybridized carbons (Fsp3) is 0.471. The van der Waals surface area contributed by atoms with E-state index >= 15 is 0 Å². The van der Waals surface area contributed by atoms with Crippen LogP contribution < -0.4 is 5.32 Å².